The van der Waals surface area contributed by atoms with Crippen LogP contribution in [0.5, 0.6) is 5.75 Å². The number of carbonyl (C=O) groups excluding carboxylic acids is 2. The summed E-state index contributed by atoms with van der Waals surface area (Å²) in [5.41, 5.74) is 1.25. The van der Waals surface area contributed by atoms with Crippen molar-refractivity contribution in [1.29, 1.82) is 0 Å². The van der Waals surface area contributed by atoms with E-state index in [-0.39, 0.29) is 23.8 Å². The first-order valence-corrected chi connectivity index (χ1v) is 10.5. The van der Waals surface area contributed by atoms with E-state index in [1.54, 1.807) is 0 Å². The molecule has 2 aliphatic heterocycles. The first-order chi connectivity index (χ1) is 13.2. The van der Waals surface area contributed by atoms with Crippen molar-refractivity contribution >= 4 is 11.8 Å². The maximum Gasteiger partial charge on any atom is 0.225 e. The molecule has 0 spiro atoms. The van der Waals surface area contributed by atoms with Crippen molar-refractivity contribution in [3.63, 3.8) is 0 Å². The third-order valence-corrected chi connectivity index (χ3v) is 6.39. The van der Waals surface area contributed by atoms with Crippen LogP contribution in [0.4, 0.5) is 0 Å². The van der Waals surface area contributed by atoms with Gasteiger partial charge in [0.05, 0.1) is 6.54 Å². The Labute approximate surface area is 161 Å². The Morgan fingerprint density at radius 1 is 1.00 bits per heavy atom. The maximum atomic E-state index is 12.5. The molecule has 1 atom stereocenters. The van der Waals surface area contributed by atoms with E-state index < -0.39 is 0 Å². The Morgan fingerprint density at radius 2 is 1.74 bits per heavy atom. The van der Waals surface area contributed by atoms with E-state index in [2.05, 4.69) is 11.4 Å². The molecule has 5 nitrogen and oxygen atoms in total. The minimum atomic E-state index is 0.0218. The number of ether oxygens (including phenoxy) is 1. The average molecular weight is 370 g/mol. The Hall–Kier alpha value is -2.04. The van der Waals surface area contributed by atoms with Crippen molar-refractivity contribution in [3.05, 3.63) is 29.8 Å². The van der Waals surface area contributed by atoms with Gasteiger partial charge in [-0.1, -0.05) is 31.0 Å². The zero-order chi connectivity index (χ0) is 18.6. The fraction of sp³-hybridized carbons (Fsp3) is 0.636. The molecule has 27 heavy (non-hydrogen) atoms. The number of rotatable bonds is 4. The summed E-state index contributed by atoms with van der Waals surface area (Å²) in [5.74, 6) is 1.64. The standard InChI is InChI=1S/C22H30N2O3/c25-21(23-15-19-10-9-16-5-3-4-8-20(16)27-19)17-11-13-24(14-12-17)22(26)18-6-1-2-7-18/h3-5,8,17-19H,1-2,6-7,9-15H2,(H,23,25)/t19-/m1/s1. The Balaban J connectivity index is 1.20. The van der Waals surface area contributed by atoms with Gasteiger partial charge in [0.2, 0.25) is 11.8 Å². The number of fused-ring (bicyclic) bond motifs is 1. The van der Waals surface area contributed by atoms with Crippen LogP contribution in [0.15, 0.2) is 24.3 Å². The molecule has 3 aliphatic rings. The molecule has 4 rings (SSSR count). The fourth-order valence-electron chi connectivity index (χ4n) is 4.68. The van der Waals surface area contributed by atoms with Crippen LogP contribution in [-0.4, -0.2) is 42.5 Å². The molecular weight excluding hydrogens is 340 g/mol. The smallest absolute Gasteiger partial charge is 0.225 e. The highest BCUT2D eigenvalue weighted by Gasteiger charge is 2.32. The van der Waals surface area contributed by atoms with Gasteiger partial charge >= 0.3 is 0 Å². The molecule has 0 radical (unpaired) electrons. The first-order valence-electron chi connectivity index (χ1n) is 10.5. The number of para-hydroxylation sites is 1. The van der Waals surface area contributed by atoms with Gasteiger partial charge in [0.15, 0.2) is 0 Å². The molecule has 1 saturated heterocycles. The molecule has 2 fully saturated rings. The minimum absolute atomic E-state index is 0.0218. The molecule has 5 heteroatoms. The molecule has 1 saturated carbocycles. The van der Waals surface area contributed by atoms with E-state index in [1.165, 1.54) is 18.4 Å². The number of likely N-dealkylation sites (tertiary alicyclic amines) is 1. The predicted octanol–water partition coefficient (Wildman–Crippen LogP) is 2.93. The van der Waals surface area contributed by atoms with E-state index in [1.807, 2.05) is 23.1 Å². The number of aryl methyl sites for hydroxylation is 1. The highest BCUT2D eigenvalue weighted by atomic mass is 16.5. The highest BCUT2D eigenvalue weighted by molar-refractivity contribution is 5.81. The van der Waals surface area contributed by atoms with E-state index in [0.717, 1.165) is 57.4 Å². The second-order valence-corrected chi connectivity index (χ2v) is 8.21. The highest BCUT2D eigenvalue weighted by Crippen LogP contribution is 2.29. The van der Waals surface area contributed by atoms with Crippen LogP contribution in [0, 0.1) is 11.8 Å². The van der Waals surface area contributed by atoms with E-state index in [4.69, 9.17) is 4.74 Å². The number of amides is 2. The van der Waals surface area contributed by atoms with E-state index in [9.17, 15) is 9.59 Å². The molecule has 2 heterocycles. The van der Waals surface area contributed by atoms with Gasteiger partial charge in [0.1, 0.15) is 11.9 Å². The summed E-state index contributed by atoms with van der Waals surface area (Å²) < 4.78 is 6.01. The molecule has 0 unspecified atom stereocenters. The fourth-order valence-corrected chi connectivity index (χ4v) is 4.68. The molecular formula is C22H30N2O3. The van der Waals surface area contributed by atoms with Gasteiger partial charge in [-0.05, 0) is 50.2 Å². The number of nitrogens with one attached hydrogen (secondary N) is 1. The average Bonchev–Trinajstić information content (AvgIpc) is 3.26. The summed E-state index contributed by atoms with van der Waals surface area (Å²) in [6, 6.07) is 8.12. The van der Waals surface area contributed by atoms with Gasteiger partial charge in [-0.15, -0.1) is 0 Å². The summed E-state index contributed by atoms with van der Waals surface area (Å²) in [6.07, 6.45) is 7.99. The van der Waals surface area contributed by atoms with Crippen LogP contribution in [0.25, 0.3) is 0 Å². The van der Waals surface area contributed by atoms with Crippen LogP contribution < -0.4 is 10.1 Å². The van der Waals surface area contributed by atoms with Gasteiger partial charge in [0.25, 0.3) is 0 Å². The second kappa shape index (κ2) is 8.32. The van der Waals surface area contributed by atoms with Crippen LogP contribution in [-0.2, 0) is 16.0 Å². The number of piperidine rings is 1. The predicted molar refractivity (Wildman–Crippen MR) is 103 cm³/mol. The van der Waals surface area contributed by atoms with Crippen molar-refractivity contribution in [2.45, 2.75) is 57.5 Å². The molecule has 0 bridgehead atoms. The number of benzene rings is 1. The van der Waals surface area contributed by atoms with Crippen molar-refractivity contribution in [3.8, 4) is 5.75 Å². The summed E-state index contributed by atoms with van der Waals surface area (Å²) in [7, 11) is 0. The lowest BCUT2D eigenvalue weighted by Gasteiger charge is -2.33. The normalized spacial score (nSPS) is 23.6. The molecule has 1 aliphatic carbocycles. The van der Waals surface area contributed by atoms with Crippen molar-refractivity contribution in [2.75, 3.05) is 19.6 Å². The van der Waals surface area contributed by atoms with Crippen LogP contribution in [0.1, 0.15) is 50.5 Å². The number of carbonyl (C=O) groups is 2. The van der Waals surface area contributed by atoms with E-state index in [0.29, 0.717) is 12.5 Å². The van der Waals surface area contributed by atoms with Crippen molar-refractivity contribution < 1.29 is 14.3 Å². The topological polar surface area (TPSA) is 58.6 Å². The SMILES string of the molecule is O=C(NC[C@H]1CCc2ccccc2O1)C1CCN(C(=O)C2CCCC2)CC1. The second-order valence-electron chi connectivity index (χ2n) is 8.21. The molecule has 2 amide bonds. The zero-order valence-electron chi connectivity index (χ0n) is 16.0. The third-order valence-electron chi connectivity index (χ3n) is 6.39. The zero-order valence-corrected chi connectivity index (χ0v) is 16.0. The quantitative estimate of drug-likeness (QED) is 0.887. The summed E-state index contributed by atoms with van der Waals surface area (Å²) >= 11 is 0. The number of nitrogens with zero attached hydrogens (tertiary/aromatic N) is 1. The van der Waals surface area contributed by atoms with Gasteiger partial charge in [-0.3, -0.25) is 9.59 Å². The van der Waals surface area contributed by atoms with Gasteiger partial charge < -0.3 is 15.0 Å². The largest absolute Gasteiger partial charge is 0.488 e. The Kier molecular flexibility index (Phi) is 5.65. The summed E-state index contributed by atoms with van der Waals surface area (Å²) in [6.45, 7) is 2.01. The number of hydrogen-bond donors (Lipinski definition) is 1. The Morgan fingerprint density at radius 3 is 2.52 bits per heavy atom. The van der Waals surface area contributed by atoms with Gasteiger partial charge in [0, 0.05) is 24.9 Å². The monoisotopic (exact) mass is 370 g/mol. The minimum Gasteiger partial charge on any atom is -0.488 e. The Bertz CT molecular complexity index is 676. The van der Waals surface area contributed by atoms with E-state index >= 15 is 0 Å². The summed E-state index contributed by atoms with van der Waals surface area (Å²) in [5, 5.41) is 3.08. The van der Waals surface area contributed by atoms with Gasteiger partial charge in [-0.2, -0.15) is 0 Å². The molecule has 1 aromatic carbocycles. The van der Waals surface area contributed by atoms with Crippen LogP contribution >= 0.6 is 0 Å². The van der Waals surface area contributed by atoms with Crippen LogP contribution in [0.3, 0.4) is 0 Å². The van der Waals surface area contributed by atoms with Crippen molar-refractivity contribution in [1.82, 2.24) is 10.2 Å². The molecule has 146 valence electrons. The molecule has 1 aromatic rings. The van der Waals surface area contributed by atoms with Crippen LogP contribution in [0.2, 0.25) is 0 Å². The number of hydrogen-bond acceptors (Lipinski definition) is 3. The van der Waals surface area contributed by atoms with Gasteiger partial charge in [-0.25, -0.2) is 0 Å². The summed E-state index contributed by atoms with van der Waals surface area (Å²) in [4.78, 5) is 27.1. The first kappa shape index (κ1) is 18.3. The lowest BCUT2D eigenvalue weighted by atomic mass is 9.94. The lowest BCUT2D eigenvalue weighted by molar-refractivity contribution is -0.139. The molecule has 0 aromatic heterocycles. The van der Waals surface area contributed by atoms with Crippen molar-refractivity contribution in [2.24, 2.45) is 11.8 Å². The third kappa shape index (κ3) is 4.28. The molecule has 1 N–H and O–H groups in total. The lowest BCUT2D eigenvalue weighted by Crippen LogP contribution is -2.46. The maximum absolute atomic E-state index is 12.5.